The standard InChI is InChI=1S/C34H46O17/c1-12(31(3,4)45)7-18(36)51-24-26-33-11-47-34(26,30(44)46-6)27(42)23(41)25(33)32(5)9-15(19(37)13(2)14(32)8-17(33)50-28(24)43)48-29-22(40)21(39)20(38)16(10-35)49-29/h7,9,13-14,16-17,20-27,29,35,38-42,45H,8,10-11H2,1-6H3/b12-7-/t13-,14-,16+,17+,20+,21-,22+,23+,24+,25+,26+,27-,29+,32-,33+,34+/m0/s1. The van der Waals surface area contributed by atoms with Crippen LogP contribution in [0.2, 0.25) is 0 Å². The summed E-state index contributed by atoms with van der Waals surface area (Å²) in [6.07, 6.45) is -12.8. The van der Waals surface area contributed by atoms with E-state index in [2.05, 4.69) is 0 Å². The number of aliphatic hydroxyl groups is 7. The lowest BCUT2D eigenvalue weighted by molar-refractivity contribution is -0.296. The highest BCUT2D eigenvalue weighted by atomic mass is 16.7. The molecule has 0 radical (unpaired) electrons. The van der Waals surface area contributed by atoms with Crippen LogP contribution < -0.4 is 0 Å². The lowest BCUT2D eigenvalue weighted by atomic mass is 9.38. The maximum atomic E-state index is 13.8. The van der Waals surface area contributed by atoms with Crippen LogP contribution >= 0.6 is 0 Å². The van der Waals surface area contributed by atoms with Crippen LogP contribution in [0.1, 0.15) is 41.0 Å². The fourth-order valence-electron chi connectivity index (χ4n) is 9.69. The number of hydrogen-bond acceptors (Lipinski definition) is 17. The summed E-state index contributed by atoms with van der Waals surface area (Å²) in [6, 6.07) is 0. The van der Waals surface area contributed by atoms with E-state index in [1.165, 1.54) is 26.8 Å². The van der Waals surface area contributed by atoms with Gasteiger partial charge in [0.1, 0.15) is 36.6 Å². The van der Waals surface area contributed by atoms with Crippen LogP contribution in [-0.4, -0.2) is 146 Å². The number of allylic oxidation sites excluding steroid dienone is 2. The molecule has 16 atom stereocenters. The maximum Gasteiger partial charge on any atom is 0.348 e. The van der Waals surface area contributed by atoms with Gasteiger partial charge in [0, 0.05) is 23.3 Å². The van der Waals surface area contributed by atoms with E-state index in [4.69, 9.17) is 28.4 Å². The summed E-state index contributed by atoms with van der Waals surface area (Å²) in [4.78, 5) is 54.5. The van der Waals surface area contributed by atoms with Gasteiger partial charge in [0.15, 0.2) is 11.5 Å². The minimum atomic E-state index is -2.40. The molecule has 6 rings (SSSR count). The number of ketones is 1. The number of aliphatic hydroxyl groups excluding tert-OH is 6. The van der Waals surface area contributed by atoms with Crippen LogP contribution in [0.25, 0.3) is 0 Å². The zero-order valence-corrected chi connectivity index (χ0v) is 29.0. The predicted octanol–water partition coefficient (Wildman–Crippen LogP) is -2.62. The third-order valence-corrected chi connectivity index (χ3v) is 12.5. The van der Waals surface area contributed by atoms with Gasteiger partial charge >= 0.3 is 17.9 Å². The molecule has 0 aromatic carbocycles. The number of hydrogen-bond donors (Lipinski definition) is 7. The minimum Gasteiger partial charge on any atom is -0.467 e. The molecule has 51 heavy (non-hydrogen) atoms. The summed E-state index contributed by atoms with van der Waals surface area (Å²) < 4.78 is 34.2. The molecule has 17 heteroatoms. The Morgan fingerprint density at radius 1 is 1.06 bits per heavy atom. The van der Waals surface area contributed by atoms with E-state index in [0.29, 0.717) is 0 Å². The zero-order valence-electron chi connectivity index (χ0n) is 29.0. The molecular weight excluding hydrogens is 680 g/mol. The highest BCUT2D eigenvalue weighted by molar-refractivity contribution is 5.97. The van der Waals surface area contributed by atoms with Gasteiger partial charge in [-0.05, 0) is 50.2 Å². The van der Waals surface area contributed by atoms with E-state index < -0.39 is 131 Å². The smallest absolute Gasteiger partial charge is 0.348 e. The molecule has 0 aromatic heterocycles. The lowest BCUT2D eigenvalue weighted by Crippen LogP contribution is -2.79. The number of methoxy groups -OCH3 is 1. The average Bonchev–Trinajstić information content (AvgIpc) is 3.37. The molecule has 2 saturated carbocycles. The van der Waals surface area contributed by atoms with Crippen molar-refractivity contribution in [1.82, 2.24) is 0 Å². The number of rotatable bonds is 7. The molecule has 3 saturated heterocycles. The van der Waals surface area contributed by atoms with Gasteiger partial charge in [0.05, 0.1) is 37.9 Å². The molecule has 17 nitrogen and oxygen atoms in total. The van der Waals surface area contributed by atoms with Crippen LogP contribution in [-0.2, 0) is 47.6 Å². The van der Waals surface area contributed by atoms with Crippen molar-refractivity contribution < 1.29 is 83.3 Å². The quantitative estimate of drug-likeness (QED) is 0.0804. The number of carbonyl (C=O) groups excluding carboxylic acids is 4. The number of carbonyl (C=O) groups is 4. The Bertz CT molecular complexity index is 1530. The fourth-order valence-corrected chi connectivity index (χ4v) is 9.69. The highest BCUT2D eigenvalue weighted by Crippen LogP contribution is 2.72. The number of fused-ring (bicyclic) bond motifs is 2. The Morgan fingerprint density at radius 3 is 2.33 bits per heavy atom. The SMILES string of the molecule is COC(=O)[C@]12OC[C@]34[C@H]([C@@H](O)[C@@H]1O)[C@@]1(C)C=C(O[C@@H]5O[C@H](CO)[C@@H](O)[C@H](O)[C@H]5O)C(=O)[C@@H](C)[C@@H]1C[C@H]3OC(=O)[C@H](OC(=O)/C=C(/C)C(C)(C)O)[C@@H]24. The van der Waals surface area contributed by atoms with E-state index in [1.807, 2.05) is 0 Å². The second-order valence-electron chi connectivity index (χ2n) is 15.4. The van der Waals surface area contributed by atoms with Gasteiger partial charge in [0.2, 0.25) is 18.0 Å². The zero-order chi connectivity index (χ0) is 37.7. The van der Waals surface area contributed by atoms with Crippen molar-refractivity contribution in [2.45, 2.75) is 107 Å². The van der Waals surface area contributed by atoms with Gasteiger partial charge in [0.25, 0.3) is 0 Å². The third kappa shape index (κ3) is 5.22. The first-order valence-corrected chi connectivity index (χ1v) is 16.9. The van der Waals surface area contributed by atoms with Crippen LogP contribution in [0.3, 0.4) is 0 Å². The molecule has 6 aliphatic rings. The predicted molar refractivity (Wildman–Crippen MR) is 165 cm³/mol. The first-order chi connectivity index (χ1) is 23.7. The Balaban J connectivity index is 1.47. The monoisotopic (exact) mass is 726 g/mol. The Labute approximate surface area is 292 Å². The molecule has 284 valence electrons. The van der Waals surface area contributed by atoms with E-state index in [1.54, 1.807) is 13.8 Å². The minimum absolute atomic E-state index is 0.00772. The van der Waals surface area contributed by atoms with Gasteiger partial charge in [-0.15, -0.1) is 0 Å². The average molecular weight is 727 g/mol. The topological polar surface area (TPSA) is 265 Å². The normalized spacial score (nSPS) is 47.7. The first-order valence-electron chi connectivity index (χ1n) is 16.9. The van der Waals surface area contributed by atoms with Crippen LogP contribution in [0.15, 0.2) is 23.5 Å². The Kier molecular flexibility index (Phi) is 9.29. The van der Waals surface area contributed by atoms with Crippen molar-refractivity contribution >= 4 is 23.7 Å². The molecule has 0 amide bonds. The van der Waals surface area contributed by atoms with Crippen molar-refractivity contribution in [3.8, 4) is 0 Å². The second-order valence-corrected chi connectivity index (χ2v) is 15.4. The van der Waals surface area contributed by atoms with E-state index >= 15 is 0 Å². The van der Waals surface area contributed by atoms with Gasteiger partial charge < -0.3 is 64.2 Å². The van der Waals surface area contributed by atoms with Crippen LogP contribution in [0.5, 0.6) is 0 Å². The Hall–Kier alpha value is -3.00. The summed E-state index contributed by atoms with van der Waals surface area (Å²) in [5.74, 6) is -8.35. The van der Waals surface area contributed by atoms with Gasteiger partial charge in [-0.25, -0.2) is 14.4 Å². The molecule has 0 aromatic rings. The summed E-state index contributed by atoms with van der Waals surface area (Å²) in [6.45, 7) is 6.50. The molecular formula is C34H46O17. The molecule has 7 N–H and O–H groups in total. The summed E-state index contributed by atoms with van der Waals surface area (Å²) in [5.41, 5.74) is -6.49. The molecule has 1 spiro atoms. The van der Waals surface area contributed by atoms with E-state index in [0.717, 1.165) is 13.2 Å². The molecule has 3 heterocycles. The molecule has 3 aliphatic carbocycles. The van der Waals surface area contributed by atoms with Crippen LogP contribution in [0.4, 0.5) is 0 Å². The number of esters is 3. The largest absolute Gasteiger partial charge is 0.467 e. The van der Waals surface area contributed by atoms with E-state index in [-0.39, 0.29) is 24.4 Å². The molecule has 3 aliphatic heterocycles. The van der Waals surface area contributed by atoms with Crippen molar-refractivity contribution in [2.24, 2.45) is 34.5 Å². The third-order valence-electron chi connectivity index (χ3n) is 12.5. The molecule has 5 fully saturated rings. The van der Waals surface area contributed by atoms with Gasteiger partial charge in [-0.3, -0.25) is 4.79 Å². The number of Topliss-reactive ketones (excluding diaryl/α,β-unsaturated/α-hetero) is 1. The van der Waals surface area contributed by atoms with Gasteiger partial charge in [-0.2, -0.15) is 0 Å². The molecule has 0 unspecified atom stereocenters. The summed E-state index contributed by atoms with van der Waals surface area (Å²) in [5, 5.41) is 75.2. The van der Waals surface area contributed by atoms with E-state index in [9.17, 15) is 54.9 Å². The lowest BCUT2D eigenvalue weighted by Gasteiger charge is -2.67. The molecule has 2 bridgehead atoms. The Morgan fingerprint density at radius 2 is 1.73 bits per heavy atom. The maximum absolute atomic E-state index is 13.8. The number of ether oxygens (including phenoxy) is 6. The highest BCUT2D eigenvalue weighted by Gasteiger charge is 2.85. The summed E-state index contributed by atoms with van der Waals surface area (Å²) in [7, 11) is 1.03. The van der Waals surface area contributed by atoms with Gasteiger partial charge in [-0.1, -0.05) is 13.8 Å². The van der Waals surface area contributed by atoms with Crippen molar-refractivity contribution in [1.29, 1.82) is 0 Å². The first kappa shape index (κ1) is 37.7. The second kappa shape index (κ2) is 12.6. The fraction of sp³-hybridized carbons (Fsp3) is 0.765. The van der Waals surface area contributed by atoms with Crippen molar-refractivity contribution in [3.63, 3.8) is 0 Å². The van der Waals surface area contributed by atoms with Crippen molar-refractivity contribution in [2.75, 3.05) is 20.3 Å². The van der Waals surface area contributed by atoms with Crippen molar-refractivity contribution in [3.05, 3.63) is 23.5 Å². The van der Waals surface area contributed by atoms with Crippen LogP contribution in [0, 0.1) is 34.5 Å². The summed E-state index contributed by atoms with van der Waals surface area (Å²) >= 11 is 0.